The minimum Gasteiger partial charge on any atom is -0.399 e. The summed E-state index contributed by atoms with van der Waals surface area (Å²) in [7, 11) is 0. The number of nitrogens with zero attached hydrogens (tertiary/aromatic N) is 2. The number of rotatable bonds is 1. The van der Waals surface area contributed by atoms with Crippen LogP contribution >= 0.6 is 0 Å². The molecule has 2 N–H and O–H groups in total. The third-order valence-corrected chi connectivity index (χ3v) is 3.63. The molecule has 3 nitrogen and oxygen atoms in total. The normalized spacial score (nSPS) is 19.0. The number of anilines is 1. The first-order chi connectivity index (χ1) is 8.25. The smallest absolute Gasteiger partial charge is 0.0951 e. The molecular formula is C14H17N3. The van der Waals surface area contributed by atoms with E-state index in [1.807, 2.05) is 18.5 Å². The van der Waals surface area contributed by atoms with Crippen molar-refractivity contribution < 1.29 is 0 Å². The highest BCUT2D eigenvalue weighted by Crippen LogP contribution is 2.35. The predicted octanol–water partition coefficient (Wildman–Crippen LogP) is 2.70. The van der Waals surface area contributed by atoms with Gasteiger partial charge in [-0.3, -0.25) is 0 Å². The molecule has 0 fully saturated rings. The maximum atomic E-state index is 5.74. The molecule has 1 aliphatic rings. The fraction of sp³-hybridized carbons (Fsp3) is 0.357. The Kier molecular flexibility index (Phi) is 2.39. The lowest BCUT2D eigenvalue weighted by Crippen LogP contribution is -2.16. The van der Waals surface area contributed by atoms with E-state index in [0.717, 1.165) is 17.9 Å². The van der Waals surface area contributed by atoms with Crippen molar-refractivity contribution in [3.05, 3.63) is 47.5 Å². The molecule has 1 aliphatic heterocycles. The second-order valence-corrected chi connectivity index (χ2v) is 4.77. The lowest BCUT2D eigenvalue weighted by atomic mass is 9.88. The number of aromatic nitrogens is 2. The molecular weight excluding hydrogens is 210 g/mol. The third-order valence-electron chi connectivity index (χ3n) is 3.63. The van der Waals surface area contributed by atoms with Crippen molar-refractivity contribution in [1.29, 1.82) is 0 Å². The lowest BCUT2D eigenvalue weighted by molar-refractivity contribution is 0.489. The Morgan fingerprint density at radius 3 is 2.82 bits per heavy atom. The summed E-state index contributed by atoms with van der Waals surface area (Å²) in [6.07, 6.45) is 4.39. The van der Waals surface area contributed by atoms with Crippen LogP contribution in [0.25, 0.3) is 0 Å². The van der Waals surface area contributed by atoms with Gasteiger partial charge in [0.2, 0.25) is 0 Å². The molecule has 0 bridgehead atoms. The monoisotopic (exact) mass is 227 g/mol. The van der Waals surface area contributed by atoms with Crippen LogP contribution in [0.15, 0.2) is 30.6 Å². The lowest BCUT2D eigenvalue weighted by Gasteiger charge is -2.25. The van der Waals surface area contributed by atoms with Gasteiger partial charge >= 0.3 is 0 Å². The van der Waals surface area contributed by atoms with Crippen molar-refractivity contribution in [1.82, 2.24) is 9.55 Å². The van der Waals surface area contributed by atoms with Crippen molar-refractivity contribution in [3.8, 4) is 0 Å². The standard InChI is InChI=1S/C14H17N3/c1-10-14-13(3-2-8-17(14)9-16-10)11-4-6-12(15)7-5-11/h4-7,9,13H,2-3,8,15H2,1H3/t13-/m0/s1. The summed E-state index contributed by atoms with van der Waals surface area (Å²) in [6, 6.07) is 8.25. The van der Waals surface area contributed by atoms with Gasteiger partial charge in [-0.25, -0.2) is 4.98 Å². The summed E-state index contributed by atoms with van der Waals surface area (Å²) >= 11 is 0. The van der Waals surface area contributed by atoms with E-state index >= 15 is 0 Å². The zero-order chi connectivity index (χ0) is 11.8. The molecule has 0 radical (unpaired) electrons. The van der Waals surface area contributed by atoms with E-state index in [4.69, 9.17) is 5.73 Å². The largest absolute Gasteiger partial charge is 0.399 e. The van der Waals surface area contributed by atoms with Gasteiger partial charge in [0.05, 0.1) is 12.0 Å². The number of hydrogen-bond donors (Lipinski definition) is 1. The number of aryl methyl sites for hydroxylation is 2. The molecule has 0 unspecified atom stereocenters. The van der Waals surface area contributed by atoms with Crippen LogP contribution in [0.5, 0.6) is 0 Å². The van der Waals surface area contributed by atoms with Crippen LogP contribution in [0.3, 0.4) is 0 Å². The maximum Gasteiger partial charge on any atom is 0.0951 e. The van der Waals surface area contributed by atoms with E-state index in [-0.39, 0.29) is 0 Å². The molecule has 1 atom stereocenters. The van der Waals surface area contributed by atoms with Gasteiger partial charge in [-0.1, -0.05) is 12.1 Å². The van der Waals surface area contributed by atoms with Gasteiger partial charge in [-0.05, 0) is 37.5 Å². The Hall–Kier alpha value is -1.77. The number of imidazole rings is 1. The van der Waals surface area contributed by atoms with E-state index in [2.05, 4.69) is 28.6 Å². The van der Waals surface area contributed by atoms with Crippen LogP contribution in [0.2, 0.25) is 0 Å². The van der Waals surface area contributed by atoms with Crippen LogP contribution in [0.4, 0.5) is 5.69 Å². The minimum atomic E-state index is 0.479. The van der Waals surface area contributed by atoms with Crippen molar-refractivity contribution in [2.24, 2.45) is 0 Å². The van der Waals surface area contributed by atoms with Crippen LogP contribution in [-0.2, 0) is 6.54 Å². The Morgan fingerprint density at radius 2 is 2.06 bits per heavy atom. The van der Waals surface area contributed by atoms with Gasteiger partial charge in [0.15, 0.2) is 0 Å². The summed E-state index contributed by atoms with van der Waals surface area (Å²) in [6.45, 7) is 3.20. The predicted molar refractivity (Wildman–Crippen MR) is 68.9 cm³/mol. The van der Waals surface area contributed by atoms with E-state index < -0.39 is 0 Å². The zero-order valence-corrected chi connectivity index (χ0v) is 10.1. The number of nitrogens with two attached hydrogens (primary N) is 1. The number of benzene rings is 1. The molecule has 3 rings (SSSR count). The Morgan fingerprint density at radius 1 is 1.29 bits per heavy atom. The first-order valence-corrected chi connectivity index (χ1v) is 6.13. The Labute approximate surface area is 101 Å². The fourth-order valence-corrected chi connectivity index (χ4v) is 2.78. The molecule has 2 aromatic rings. The summed E-state index contributed by atoms with van der Waals surface area (Å²) < 4.78 is 2.29. The molecule has 0 aliphatic carbocycles. The second-order valence-electron chi connectivity index (χ2n) is 4.77. The van der Waals surface area contributed by atoms with E-state index in [1.54, 1.807) is 0 Å². The fourth-order valence-electron chi connectivity index (χ4n) is 2.78. The highest BCUT2D eigenvalue weighted by Gasteiger charge is 2.24. The first kappa shape index (κ1) is 10.4. The van der Waals surface area contributed by atoms with E-state index in [0.29, 0.717) is 5.92 Å². The summed E-state index contributed by atoms with van der Waals surface area (Å²) in [5.74, 6) is 0.479. The average molecular weight is 227 g/mol. The Bertz CT molecular complexity index is 525. The van der Waals surface area contributed by atoms with E-state index in [9.17, 15) is 0 Å². The quantitative estimate of drug-likeness (QED) is 0.761. The first-order valence-electron chi connectivity index (χ1n) is 6.13. The van der Waals surface area contributed by atoms with Crippen molar-refractivity contribution in [2.75, 3.05) is 5.73 Å². The topological polar surface area (TPSA) is 43.8 Å². The van der Waals surface area contributed by atoms with Gasteiger partial charge in [-0.2, -0.15) is 0 Å². The summed E-state index contributed by atoms with van der Waals surface area (Å²) in [4.78, 5) is 4.43. The molecule has 0 saturated heterocycles. The maximum absolute atomic E-state index is 5.74. The van der Waals surface area contributed by atoms with Gasteiger partial charge < -0.3 is 10.3 Å². The Balaban J connectivity index is 2.05. The molecule has 88 valence electrons. The van der Waals surface area contributed by atoms with E-state index in [1.165, 1.54) is 24.1 Å². The summed E-state index contributed by atoms with van der Waals surface area (Å²) in [5.41, 5.74) is 10.5. The average Bonchev–Trinajstić information content (AvgIpc) is 2.73. The SMILES string of the molecule is Cc1ncn2c1[C@H](c1ccc(N)cc1)CCC2. The third kappa shape index (κ3) is 1.71. The van der Waals surface area contributed by atoms with Crippen molar-refractivity contribution >= 4 is 5.69 Å². The number of nitrogen functional groups attached to an aromatic ring is 1. The molecule has 17 heavy (non-hydrogen) atoms. The van der Waals surface area contributed by atoms with Gasteiger partial charge in [0, 0.05) is 23.8 Å². The molecule has 1 aromatic heterocycles. The van der Waals surface area contributed by atoms with Gasteiger partial charge in [0.1, 0.15) is 0 Å². The zero-order valence-electron chi connectivity index (χ0n) is 10.1. The molecule has 2 heterocycles. The van der Waals surface area contributed by atoms with Crippen LogP contribution in [-0.4, -0.2) is 9.55 Å². The molecule has 1 aromatic carbocycles. The molecule has 3 heteroatoms. The van der Waals surface area contributed by atoms with Crippen molar-refractivity contribution in [2.45, 2.75) is 32.2 Å². The number of fused-ring (bicyclic) bond motifs is 1. The van der Waals surface area contributed by atoms with Crippen LogP contribution in [0, 0.1) is 6.92 Å². The molecule has 0 spiro atoms. The van der Waals surface area contributed by atoms with Gasteiger partial charge in [-0.15, -0.1) is 0 Å². The van der Waals surface area contributed by atoms with Gasteiger partial charge in [0.25, 0.3) is 0 Å². The molecule has 0 saturated carbocycles. The summed E-state index contributed by atoms with van der Waals surface area (Å²) in [5, 5.41) is 0. The van der Waals surface area contributed by atoms with Crippen LogP contribution < -0.4 is 5.73 Å². The molecule has 0 amide bonds. The van der Waals surface area contributed by atoms with Crippen molar-refractivity contribution in [3.63, 3.8) is 0 Å². The van der Waals surface area contributed by atoms with Crippen LogP contribution in [0.1, 0.15) is 35.7 Å². The number of hydrogen-bond acceptors (Lipinski definition) is 2. The highest BCUT2D eigenvalue weighted by molar-refractivity contribution is 5.42. The second kappa shape index (κ2) is 3.91. The minimum absolute atomic E-state index is 0.479. The highest BCUT2D eigenvalue weighted by atomic mass is 15.1.